The number of benzene rings is 1. The molecule has 0 aromatic heterocycles. The molecule has 2 aliphatic rings. The van der Waals surface area contributed by atoms with Gasteiger partial charge in [0.2, 0.25) is 5.91 Å². The van der Waals surface area contributed by atoms with Crippen molar-refractivity contribution in [1.29, 1.82) is 0 Å². The highest BCUT2D eigenvalue weighted by molar-refractivity contribution is 14.0. The molecule has 2 heterocycles. The van der Waals surface area contributed by atoms with Crippen LogP contribution in [0.5, 0.6) is 0 Å². The van der Waals surface area contributed by atoms with E-state index in [1.165, 1.54) is 7.11 Å². The van der Waals surface area contributed by atoms with Crippen LogP contribution >= 0.6 is 24.0 Å². The summed E-state index contributed by atoms with van der Waals surface area (Å²) in [6.07, 6.45) is 2.02. The third kappa shape index (κ3) is 4.91. The van der Waals surface area contributed by atoms with Crippen molar-refractivity contribution < 1.29 is 14.3 Å². The SMILES string of the molecule is CN=C(NCCN1C(=O)Cc2ccccc21)N1CCC(C(=O)OC)CC1.I. The van der Waals surface area contributed by atoms with Gasteiger partial charge < -0.3 is 19.9 Å². The van der Waals surface area contributed by atoms with Gasteiger partial charge in [-0.2, -0.15) is 0 Å². The number of amides is 1. The average molecular weight is 486 g/mol. The summed E-state index contributed by atoms with van der Waals surface area (Å²) in [6, 6.07) is 7.92. The fourth-order valence-corrected chi connectivity index (χ4v) is 3.67. The number of nitrogens with zero attached hydrogens (tertiary/aromatic N) is 3. The van der Waals surface area contributed by atoms with Gasteiger partial charge in [-0.15, -0.1) is 24.0 Å². The van der Waals surface area contributed by atoms with E-state index in [9.17, 15) is 9.59 Å². The number of fused-ring (bicyclic) bond motifs is 1. The monoisotopic (exact) mass is 486 g/mol. The van der Waals surface area contributed by atoms with Gasteiger partial charge in [-0.3, -0.25) is 14.6 Å². The Bertz CT molecular complexity index is 702. The minimum atomic E-state index is -0.126. The first-order valence-electron chi connectivity index (χ1n) is 9.05. The predicted molar refractivity (Wildman–Crippen MR) is 116 cm³/mol. The van der Waals surface area contributed by atoms with E-state index in [0.29, 0.717) is 19.5 Å². The minimum absolute atomic E-state index is 0. The molecule has 0 spiro atoms. The van der Waals surface area contributed by atoms with Crippen LogP contribution in [-0.2, 0) is 20.7 Å². The number of para-hydroxylation sites is 1. The number of guanidine groups is 1. The third-order valence-corrected chi connectivity index (χ3v) is 5.08. The van der Waals surface area contributed by atoms with Crippen LogP contribution in [0.3, 0.4) is 0 Å². The fraction of sp³-hybridized carbons (Fsp3) is 0.526. The molecular weight excluding hydrogens is 459 g/mol. The summed E-state index contributed by atoms with van der Waals surface area (Å²) in [7, 11) is 3.19. The third-order valence-electron chi connectivity index (χ3n) is 5.08. The molecule has 0 bridgehead atoms. The molecule has 1 aromatic carbocycles. The Hall–Kier alpha value is -1.84. The number of halogens is 1. The van der Waals surface area contributed by atoms with Gasteiger partial charge in [-0.05, 0) is 24.5 Å². The van der Waals surface area contributed by atoms with Gasteiger partial charge in [-0.1, -0.05) is 18.2 Å². The predicted octanol–water partition coefficient (Wildman–Crippen LogP) is 1.65. The summed E-state index contributed by atoms with van der Waals surface area (Å²) >= 11 is 0. The Morgan fingerprint density at radius 1 is 1.30 bits per heavy atom. The number of carbonyl (C=O) groups excluding carboxylic acids is 2. The topological polar surface area (TPSA) is 74.2 Å². The molecule has 8 heteroatoms. The van der Waals surface area contributed by atoms with Gasteiger partial charge in [0.15, 0.2) is 5.96 Å². The van der Waals surface area contributed by atoms with Gasteiger partial charge >= 0.3 is 5.97 Å². The Morgan fingerprint density at radius 3 is 2.67 bits per heavy atom. The van der Waals surface area contributed by atoms with Gasteiger partial charge in [0.25, 0.3) is 0 Å². The van der Waals surface area contributed by atoms with Gasteiger partial charge in [0, 0.05) is 38.9 Å². The molecule has 1 saturated heterocycles. The van der Waals surface area contributed by atoms with E-state index in [1.807, 2.05) is 29.2 Å². The van der Waals surface area contributed by atoms with Gasteiger partial charge in [0.05, 0.1) is 19.4 Å². The molecule has 1 N–H and O–H groups in total. The van der Waals surface area contributed by atoms with Crippen molar-refractivity contribution in [3.05, 3.63) is 29.8 Å². The van der Waals surface area contributed by atoms with Crippen LogP contribution < -0.4 is 10.2 Å². The second kappa shape index (κ2) is 9.91. The van der Waals surface area contributed by atoms with Crippen molar-refractivity contribution >= 4 is 47.5 Å². The molecule has 1 fully saturated rings. The molecule has 7 nitrogen and oxygen atoms in total. The molecule has 148 valence electrons. The highest BCUT2D eigenvalue weighted by Gasteiger charge is 2.28. The Morgan fingerprint density at radius 2 is 2.00 bits per heavy atom. The van der Waals surface area contributed by atoms with Crippen LogP contribution in [0.15, 0.2) is 29.3 Å². The van der Waals surface area contributed by atoms with E-state index in [4.69, 9.17) is 4.74 Å². The zero-order valence-electron chi connectivity index (χ0n) is 15.8. The summed E-state index contributed by atoms with van der Waals surface area (Å²) in [6.45, 7) is 2.77. The highest BCUT2D eigenvalue weighted by atomic mass is 127. The van der Waals surface area contributed by atoms with E-state index in [2.05, 4.69) is 15.2 Å². The van der Waals surface area contributed by atoms with Crippen LogP contribution in [0.2, 0.25) is 0 Å². The fourth-order valence-electron chi connectivity index (χ4n) is 3.67. The maximum Gasteiger partial charge on any atom is 0.308 e. The largest absolute Gasteiger partial charge is 0.469 e. The molecule has 0 saturated carbocycles. The summed E-state index contributed by atoms with van der Waals surface area (Å²) in [5, 5.41) is 3.34. The maximum atomic E-state index is 12.2. The Balaban J connectivity index is 0.00000261. The maximum absolute atomic E-state index is 12.2. The molecule has 0 atom stereocenters. The number of likely N-dealkylation sites (tertiary alicyclic amines) is 1. The number of piperidine rings is 1. The molecule has 27 heavy (non-hydrogen) atoms. The van der Waals surface area contributed by atoms with E-state index >= 15 is 0 Å². The van der Waals surface area contributed by atoms with Gasteiger partial charge in [0.1, 0.15) is 0 Å². The van der Waals surface area contributed by atoms with Crippen molar-refractivity contribution in [3.63, 3.8) is 0 Å². The normalized spacial score (nSPS) is 17.4. The van der Waals surface area contributed by atoms with Gasteiger partial charge in [-0.25, -0.2) is 0 Å². The van der Waals surface area contributed by atoms with E-state index in [1.54, 1.807) is 7.05 Å². The number of hydrogen-bond acceptors (Lipinski definition) is 4. The van der Waals surface area contributed by atoms with Crippen molar-refractivity contribution in [1.82, 2.24) is 10.2 Å². The molecular formula is C19H27IN4O3. The molecule has 0 radical (unpaired) electrons. The standard InChI is InChI=1S/C19H26N4O3.HI/c1-20-19(22-10-7-14(8-11-22)18(25)26-2)21-9-12-23-16-6-4-3-5-15(16)13-17(23)24;/h3-6,14H,7-13H2,1-2H3,(H,20,21);1H. The number of esters is 1. The van der Waals surface area contributed by atoms with E-state index in [0.717, 1.165) is 43.1 Å². The lowest BCUT2D eigenvalue weighted by Gasteiger charge is -2.33. The summed E-state index contributed by atoms with van der Waals surface area (Å²) < 4.78 is 4.83. The number of anilines is 1. The molecule has 2 aliphatic heterocycles. The molecule has 0 aliphatic carbocycles. The van der Waals surface area contributed by atoms with E-state index in [-0.39, 0.29) is 41.8 Å². The van der Waals surface area contributed by atoms with Crippen LogP contribution in [0.25, 0.3) is 0 Å². The number of aliphatic imine (C=N–C) groups is 1. The minimum Gasteiger partial charge on any atom is -0.469 e. The van der Waals surface area contributed by atoms with Crippen LogP contribution in [0.4, 0.5) is 5.69 Å². The molecule has 0 unspecified atom stereocenters. The number of nitrogens with one attached hydrogen (secondary N) is 1. The smallest absolute Gasteiger partial charge is 0.308 e. The summed E-state index contributed by atoms with van der Waals surface area (Å²) in [5.74, 6) is 0.807. The van der Waals surface area contributed by atoms with Crippen LogP contribution in [0.1, 0.15) is 18.4 Å². The average Bonchev–Trinajstić information content (AvgIpc) is 3.00. The summed E-state index contributed by atoms with van der Waals surface area (Å²) in [5.41, 5.74) is 2.10. The zero-order valence-corrected chi connectivity index (χ0v) is 18.1. The highest BCUT2D eigenvalue weighted by Crippen LogP contribution is 2.27. The lowest BCUT2D eigenvalue weighted by molar-refractivity contribution is -0.146. The second-order valence-corrected chi connectivity index (χ2v) is 6.61. The van der Waals surface area contributed by atoms with Crippen molar-refractivity contribution in [2.45, 2.75) is 19.3 Å². The number of rotatable bonds is 4. The second-order valence-electron chi connectivity index (χ2n) is 6.61. The lowest BCUT2D eigenvalue weighted by atomic mass is 9.97. The molecule has 3 rings (SSSR count). The number of carbonyl (C=O) groups is 2. The van der Waals surface area contributed by atoms with Crippen molar-refractivity contribution in [3.8, 4) is 0 Å². The molecule has 1 amide bonds. The number of hydrogen-bond donors (Lipinski definition) is 1. The van der Waals surface area contributed by atoms with Crippen molar-refractivity contribution in [2.24, 2.45) is 10.9 Å². The lowest BCUT2D eigenvalue weighted by Crippen LogP contribution is -2.48. The zero-order chi connectivity index (χ0) is 18.5. The first-order valence-corrected chi connectivity index (χ1v) is 9.05. The quantitative estimate of drug-likeness (QED) is 0.303. The molecule has 1 aromatic rings. The van der Waals surface area contributed by atoms with Crippen LogP contribution in [0, 0.1) is 5.92 Å². The number of ether oxygens (including phenoxy) is 1. The first kappa shape index (κ1) is 21.5. The Labute approximate surface area is 177 Å². The first-order chi connectivity index (χ1) is 12.6. The Kier molecular flexibility index (Phi) is 7.88. The summed E-state index contributed by atoms with van der Waals surface area (Å²) in [4.78, 5) is 32.2. The van der Waals surface area contributed by atoms with E-state index < -0.39 is 0 Å². The number of methoxy groups -OCH3 is 1. The van der Waals surface area contributed by atoms with Crippen LogP contribution in [-0.4, -0.2) is 63.1 Å². The van der Waals surface area contributed by atoms with Crippen molar-refractivity contribution in [2.75, 3.05) is 45.2 Å².